The van der Waals surface area contributed by atoms with Gasteiger partial charge in [0.1, 0.15) is 30.1 Å². The number of cyclic esters (lactones) is 1. The summed E-state index contributed by atoms with van der Waals surface area (Å²) in [6, 6.07) is 10.8. The summed E-state index contributed by atoms with van der Waals surface area (Å²) < 4.78 is 53.1. The molecule has 6 unspecified atom stereocenters. The highest BCUT2D eigenvalue weighted by atomic mass is 16.7. The Hall–Kier alpha value is -3.27. The maximum Gasteiger partial charge on any atom is 0.306 e. The Balaban J connectivity index is 1.09. The van der Waals surface area contributed by atoms with E-state index in [1.54, 1.807) is 21.3 Å². The second-order valence-electron chi connectivity index (χ2n) is 19.5. The van der Waals surface area contributed by atoms with E-state index in [1.165, 1.54) is 0 Å². The van der Waals surface area contributed by atoms with E-state index < -0.39 is 24.2 Å². The number of pyridine rings is 1. The van der Waals surface area contributed by atoms with Gasteiger partial charge in [0, 0.05) is 68.3 Å². The van der Waals surface area contributed by atoms with Crippen LogP contribution in [0.3, 0.4) is 0 Å². The first kappa shape index (κ1) is 44.9. The molecular weight excluding hydrogens is 803 g/mol. The second-order valence-corrected chi connectivity index (χ2v) is 19.5. The molecule has 0 radical (unpaired) electrons. The number of Topliss-reactive ketones (excluding diaryl/α,β-unsaturated/α-hetero) is 1. The third kappa shape index (κ3) is 8.21. The summed E-state index contributed by atoms with van der Waals surface area (Å²) in [7, 11) is 9.17. The van der Waals surface area contributed by atoms with Crippen LogP contribution in [0.15, 0.2) is 48.2 Å². The lowest BCUT2D eigenvalue weighted by Crippen LogP contribution is -2.59. The van der Waals surface area contributed by atoms with Crippen molar-refractivity contribution in [1.29, 1.82) is 0 Å². The topological polar surface area (TPSA) is 129 Å². The van der Waals surface area contributed by atoms with E-state index in [9.17, 15) is 4.79 Å². The van der Waals surface area contributed by atoms with Crippen LogP contribution < -0.4 is 0 Å². The van der Waals surface area contributed by atoms with Crippen molar-refractivity contribution >= 4 is 28.2 Å². The fourth-order valence-electron chi connectivity index (χ4n) is 12.7. The van der Waals surface area contributed by atoms with E-state index >= 15 is 4.79 Å². The highest BCUT2D eigenvalue weighted by molar-refractivity contribution is 5.99. The highest BCUT2D eigenvalue weighted by Crippen LogP contribution is 2.61. The Morgan fingerprint density at radius 1 is 0.857 bits per heavy atom. The number of esters is 1. The van der Waals surface area contributed by atoms with Gasteiger partial charge in [-0.1, -0.05) is 44.2 Å². The standard InChI is InChI=1S/C50H69N3O10/c1-10-30-15-13-17-39(63-41-19-18-38(52(5)6)27(3)59-41)26(2)45(55)37-24-34-33-22-31(62-50-48(58-9)47(57-8)46(56-7)28(4)60-50)23-36(33)44-43(42(34)35(37)25-40(54)61-30)51-49-32-16-12-11-14-29(32)20-21-53(44)49/h11-12,14,16,20-21,24,26-28,30-31,33-36,38-39,41-42,46-48,50H,10,13,15,17-19,22-23,25H2,1-9H3/t26-,27?,28?,30+,31+,33+,34+,35-,36-,38+,39+,41+,42-,46?,47?,48?,50?/m1/s1. The van der Waals surface area contributed by atoms with Gasteiger partial charge in [-0.25, -0.2) is 4.98 Å². The number of methoxy groups -OCH3 is 3. The van der Waals surface area contributed by atoms with E-state index in [4.69, 9.17) is 42.9 Å². The molecule has 63 heavy (non-hydrogen) atoms. The minimum Gasteiger partial charge on any atom is -0.462 e. The number of imidazole rings is 1. The molecule has 0 N–H and O–H groups in total. The molecule has 6 aliphatic rings. The number of hydrogen-bond donors (Lipinski definition) is 0. The Bertz CT molecular complexity index is 2160. The number of aromatic nitrogens is 2. The van der Waals surface area contributed by atoms with Gasteiger partial charge in [0.2, 0.25) is 0 Å². The van der Waals surface area contributed by atoms with Gasteiger partial charge in [-0.3, -0.25) is 9.59 Å². The van der Waals surface area contributed by atoms with Crippen molar-refractivity contribution in [3.05, 3.63) is 59.6 Å². The summed E-state index contributed by atoms with van der Waals surface area (Å²) in [5.41, 5.74) is 3.71. The van der Waals surface area contributed by atoms with Gasteiger partial charge in [-0.15, -0.1) is 0 Å². The summed E-state index contributed by atoms with van der Waals surface area (Å²) in [4.78, 5) is 37.2. The minimum absolute atomic E-state index is 0.00554. The van der Waals surface area contributed by atoms with Crippen molar-refractivity contribution < 1.29 is 47.5 Å². The number of fused-ring (bicyclic) bond motifs is 12. The van der Waals surface area contributed by atoms with Crippen molar-refractivity contribution in [3.8, 4) is 0 Å². The second kappa shape index (κ2) is 18.5. The van der Waals surface area contributed by atoms with E-state index in [0.717, 1.165) is 66.3 Å². The van der Waals surface area contributed by atoms with Crippen LogP contribution in [0.1, 0.15) is 109 Å². The Kier molecular flexibility index (Phi) is 13.2. The molecule has 0 amide bonds. The van der Waals surface area contributed by atoms with Crippen molar-refractivity contribution in [1.82, 2.24) is 14.3 Å². The van der Waals surface area contributed by atoms with Crippen LogP contribution in [-0.2, 0) is 47.5 Å². The van der Waals surface area contributed by atoms with Gasteiger partial charge in [-0.2, -0.15) is 0 Å². The number of hydrogen-bond acceptors (Lipinski definition) is 12. The molecule has 0 spiro atoms. The molecule has 1 aromatic carbocycles. The SMILES string of the molecule is CC[C@H]1CCC[C@H](O[C@H]2CC[C@H](N(C)C)C(C)O2)[C@@H](C)C(=O)C2=C[C@H]3[C@@H]4C[C@H](OC5OC(C)C(OC)C(OC)C5OC)C[C@H]4c4c(nc5c6ccccc6ccn45)[C@H]3[C@@H]2CC(=O)O1. The molecule has 1 saturated carbocycles. The summed E-state index contributed by atoms with van der Waals surface area (Å²) in [6.45, 7) is 8.19. The van der Waals surface area contributed by atoms with Crippen molar-refractivity contribution in [3.63, 3.8) is 0 Å². The number of carbonyl (C=O) groups is 2. The monoisotopic (exact) mass is 871 g/mol. The normalized spacial score (nSPS) is 39.8. The average Bonchev–Trinajstić information content (AvgIpc) is 3.98. The fourth-order valence-corrected chi connectivity index (χ4v) is 12.7. The first-order valence-electron chi connectivity index (χ1n) is 23.7. The van der Waals surface area contributed by atoms with Gasteiger partial charge in [-0.05, 0) is 108 Å². The Labute approximate surface area is 372 Å². The zero-order chi connectivity index (χ0) is 44.3. The smallest absolute Gasteiger partial charge is 0.306 e. The molecule has 0 bridgehead atoms. The van der Waals surface area contributed by atoms with Crippen LogP contribution in [-0.4, -0.2) is 129 Å². The van der Waals surface area contributed by atoms with E-state index in [2.05, 4.69) is 79.8 Å². The third-order valence-corrected chi connectivity index (χ3v) is 15.8. The quantitative estimate of drug-likeness (QED) is 0.199. The number of benzene rings is 1. The number of likely N-dealkylation sites (N-methyl/N-ethyl adjacent to an activating group) is 1. The molecular formula is C50H69N3O10. The fraction of sp³-hybridized carbons (Fsp3) is 0.700. The lowest BCUT2D eigenvalue weighted by Gasteiger charge is -2.44. The predicted octanol–water partition coefficient (Wildman–Crippen LogP) is 7.37. The Morgan fingerprint density at radius 3 is 2.37 bits per heavy atom. The molecule has 3 aliphatic heterocycles. The van der Waals surface area contributed by atoms with Gasteiger partial charge in [0.15, 0.2) is 18.4 Å². The number of nitrogens with zero attached hydrogens (tertiary/aromatic N) is 3. The van der Waals surface area contributed by atoms with E-state index in [1.807, 2.05) is 13.8 Å². The van der Waals surface area contributed by atoms with Crippen molar-refractivity contribution in [2.75, 3.05) is 35.4 Å². The van der Waals surface area contributed by atoms with Gasteiger partial charge in [0.25, 0.3) is 0 Å². The number of ketones is 1. The number of allylic oxidation sites excluding steroid dienone is 2. The number of carbonyl (C=O) groups excluding carboxylic acids is 2. The molecule has 3 aliphatic carbocycles. The molecule has 3 saturated heterocycles. The van der Waals surface area contributed by atoms with Crippen LogP contribution in [0.5, 0.6) is 0 Å². The van der Waals surface area contributed by atoms with Crippen molar-refractivity contribution in [2.45, 2.75) is 165 Å². The largest absolute Gasteiger partial charge is 0.462 e. The third-order valence-electron chi connectivity index (χ3n) is 15.8. The molecule has 4 fully saturated rings. The lowest BCUT2D eigenvalue weighted by molar-refractivity contribution is -0.314. The van der Waals surface area contributed by atoms with E-state index in [-0.39, 0.29) is 90.9 Å². The predicted molar refractivity (Wildman–Crippen MR) is 236 cm³/mol. The maximum absolute atomic E-state index is 15.3. The first-order chi connectivity index (χ1) is 30.4. The van der Waals surface area contributed by atoms with Crippen LogP contribution in [0.2, 0.25) is 0 Å². The first-order valence-corrected chi connectivity index (χ1v) is 23.7. The molecule has 17 atom stereocenters. The van der Waals surface area contributed by atoms with E-state index in [0.29, 0.717) is 24.5 Å². The van der Waals surface area contributed by atoms with Crippen LogP contribution in [0.4, 0.5) is 0 Å². The molecule has 2 aromatic heterocycles. The molecule has 13 heteroatoms. The summed E-state index contributed by atoms with van der Waals surface area (Å²) >= 11 is 0. The highest BCUT2D eigenvalue weighted by Gasteiger charge is 2.57. The molecule has 5 heterocycles. The minimum atomic E-state index is -0.671. The van der Waals surface area contributed by atoms with Crippen LogP contribution in [0.25, 0.3) is 16.4 Å². The molecule has 3 aromatic rings. The lowest BCUT2D eigenvalue weighted by atomic mass is 9.66. The summed E-state index contributed by atoms with van der Waals surface area (Å²) in [6.07, 6.45) is 7.29. The van der Waals surface area contributed by atoms with Gasteiger partial charge in [0.05, 0.1) is 36.5 Å². The van der Waals surface area contributed by atoms with Crippen LogP contribution >= 0.6 is 0 Å². The molecule has 344 valence electrons. The number of rotatable bonds is 9. The molecule has 9 rings (SSSR count). The Morgan fingerprint density at radius 2 is 1.63 bits per heavy atom. The zero-order valence-electron chi connectivity index (χ0n) is 38.6. The summed E-state index contributed by atoms with van der Waals surface area (Å²) in [5, 5.41) is 2.17. The maximum atomic E-state index is 15.3. The van der Waals surface area contributed by atoms with Gasteiger partial charge < -0.3 is 47.2 Å². The van der Waals surface area contributed by atoms with Crippen molar-refractivity contribution in [2.24, 2.45) is 23.7 Å². The average molecular weight is 872 g/mol. The van der Waals surface area contributed by atoms with Crippen LogP contribution in [0, 0.1) is 23.7 Å². The molecule has 13 nitrogen and oxygen atoms in total. The summed E-state index contributed by atoms with van der Waals surface area (Å²) in [5.74, 6) is -1.15. The van der Waals surface area contributed by atoms with Gasteiger partial charge >= 0.3 is 5.97 Å². The number of ether oxygens (including phenoxy) is 8. The zero-order valence-corrected chi connectivity index (χ0v) is 38.6.